The van der Waals surface area contributed by atoms with Crippen LogP contribution in [-0.4, -0.2) is 70.4 Å². The van der Waals surface area contributed by atoms with E-state index in [1.54, 1.807) is 0 Å². The topological polar surface area (TPSA) is 99.2 Å². The minimum absolute atomic E-state index is 0.263. The number of carbonyl (C=O) groups excluding carboxylic acids is 2. The zero-order valence-electron chi connectivity index (χ0n) is 11.5. The molecule has 0 spiro atoms. The van der Waals surface area contributed by atoms with Crippen molar-refractivity contribution >= 4 is 22.0 Å². The second kappa shape index (κ2) is 7.55. The highest BCUT2D eigenvalue weighted by Gasteiger charge is 2.31. The lowest BCUT2D eigenvalue weighted by Crippen LogP contribution is -2.43. The first-order valence-corrected chi connectivity index (χ1v) is 7.73. The van der Waals surface area contributed by atoms with Gasteiger partial charge in [0.15, 0.2) is 0 Å². The second-order valence-corrected chi connectivity index (χ2v) is 6.35. The predicted molar refractivity (Wildman–Crippen MR) is 68.4 cm³/mol. The summed E-state index contributed by atoms with van der Waals surface area (Å²) in [4.78, 5) is 22.5. The zero-order valence-corrected chi connectivity index (χ0v) is 12.3. The van der Waals surface area contributed by atoms with Crippen molar-refractivity contribution < 1.29 is 32.2 Å². The van der Waals surface area contributed by atoms with E-state index in [0.717, 1.165) is 24.9 Å². The molecule has 1 heterocycles. The molecule has 0 aromatic rings. The van der Waals surface area contributed by atoms with Crippen molar-refractivity contribution in [2.24, 2.45) is 0 Å². The van der Waals surface area contributed by atoms with E-state index < -0.39 is 41.2 Å². The Morgan fingerprint density at radius 1 is 1.20 bits per heavy atom. The molecule has 0 aliphatic carbocycles. The molecule has 20 heavy (non-hydrogen) atoms. The lowest BCUT2D eigenvalue weighted by Gasteiger charge is -2.21. The monoisotopic (exact) mass is 309 g/mol. The van der Waals surface area contributed by atoms with Crippen molar-refractivity contribution in [3.8, 4) is 0 Å². The molecule has 1 fully saturated rings. The Morgan fingerprint density at radius 2 is 1.75 bits per heavy atom. The molecule has 0 N–H and O–H groups in total. The summed E-state index contributed by atoms with van der Waals surface area (Å²) < 4.78 is 39.3. The van der Waals surface area contributed by atoms with E-state index in [1.807, 2.05) is 0 Å². The van der Waals surface area contributed by atoms with Gasteiger partial charge in [0.05, 0.1) is 26.1 Å². The standard InChI is InChI=1S/C11H19NO7S/c1-17-10(13)6-12(7-11(14)18-2)20(15,16)8-9-4-3-5-19-9/h9H,3-8H2,1-2H3. The lowest BCUT2D eigenvalue weighted by atomic mass is 10.3. The number of nitrogens with zero attached hydrogens (tertiary/aromatic N) is 1. The Labute approximate surface area is 118 Å². The third kappa shape index (κ3) is 5.06. The molecule has 1 unspecified atom stereocenters. The van der Waals surface area contributed by atoms with Crippen LogP contribution in [0.2, 0.25) is 0 Å². The Morgan fingerprint density at radius 3 is 2.15 bits per heavy atom. The summed E-state index contributed by atoms with van der Waals surface area (Å²) in [5.41, 5.74) is 0. The van der Waals surface area contributed by atoms with Crippen LogP contribution in [0, 0.1) is 0 Å². The molecule has 0 amide bonds. The molecule has 1 saturated heterocycles. The average Bonchev–Trinajstić information content (AvgIpc) is 2.89. The summed E-state index contributed by atoms with van der Waals surface area (Å²) in [5, 5.41) is 0. The fourth-order valence-corrected chi connectivity index (χ4v) is 3.33. The predicted octanol–water partition coefficient (Wildman–Crippen LogP) is -0.857. The molecule has 1 aliphatic rings. The summed E-state index contributed by atoms with van der Waals surface area (Å²) in [6, 6.07) is 0. The van der Waals surface area contributed by atoms with E-state index in [4.69, 9.17) is 4.74 Å². The molecule has 0 aromatic heterocycles. The summed E-state index contributed by atoms with van der Waals surface area (Å²) in [6.07, 6.45) is 1.04. The van der Waals surface area contributed by atoms with Crippen molar-refractivity contribution in [1.29, 1.82) is 0 Å². The number of methoxy groups -OCH3 is 2. The van der Waals surface area contributed by atoms with Crippen molar-refractivity contribution in [3.63, 3.8) is 0 Å². The quantitative estimate of drug-likeness (QED) is 0.564. The van der Waals surface area contributed by atoms with E-state index in [0.29, 0.717) is 13.0 Å². The van der Waals surface area contributed by atoms with Crippen LogP contribution in [0.5, 0.6) is 0 Å². The molecular weight excluding hydrogens is 290 g/mol. The van der Waals surface area contributed by atoms with Crippen molar-refractivity contribution in [2.45, 2.75) is 18.9 Å². The molecule has 1 aliphatic heterocycles. The maximum absolute atomic E-state index is 12.2. The van der Waals surface area contributed by atoms with E-state index in [1.165, 1.54) is 0 Å². The maximum atomic E-state index is 12.2. The summed E-state index contributed by atoms with van der Waals surface area (Å²) in [5.74, 6) is -1.75. The van der Waals surface area contributed by atoms with Crippen molar-refractivity contribution in [2.75, 3.05) is 39.7 Å². The number of rotatable bonds is 7. The second-order valence-electron chi connectivity index (χ2n) is 4.33. The molecule has 116 valence electrons. The van der Waals surface area contributed by atoms with E-state index in [9.17, 15) is 18.0 Å². The number of hydrogen-bond acceptors (Lipinski definition) is 7. The van der Waals surface area contributed by atoms with Gasteiger partial charge in [0, 0.05) is 6.61 Å². The van der Waals surface area contributed by atoms with Gasteiger partial charge >= 0.3 is 11.9 Å². The number of sulfonamides is 1. The van der Waals surface area contributed by atoms with Crippen LogP contribution in [0.3, 0.4) is 0 Å². The van der Waals surface area contributed by atoms with Gasteiger partial charge in [-0.2, -0.15) is 4.31 Å². The molecule has 1 atom stereocenters. The third-order valence-corrected chi connectivity index (χ3v) is 4.72. The highest BCUT2D eigenvalue weighted by molar-refractivity contribution is 7.89. The first-order valence-electron chi connectivity index (χ1n) is 6.12. The smallest absolute Gasteiger partial charge is 0.321 e. The van der Waals surface area contributed by atoms with Gasteiger partial charge in [-0.25, -0.2) is 8.42 Å². The molecular formula is C11H19NO7S. The summed E-state index contributed by atoms with van der Waals surface area (Å²) >= 11 is 0. The van der Waals surface area contributed by atoms with E-state index in [2.05, 4.69) is 9.47 Å². The Balaban J connectivity index is 2.77. The number of carbonyl (C=O) groups is 2. The van der Waals surface area contributed by atoms with Crippen LogP contribution < -0.4 is 0 Å². The Bertz CT molecular complexity index is 424. The van der Waals surface area contributed by atoms with Gasteiger partial charge in [-0.05, 0) is 12.8 Å². The Hall–Kier alpha value is -1.19. The number of esters is 2. The molecule has 0 bridgehead atoms. The summed E-state index contributed by atoms with van der Waals surface area (Å²) in [6.45, 7) is -0.532. The Kier molecular flexibility index (Phi) is 6.37. The SMILES string of the molecule is COC(=O)CN(CC(=O)OC)S(=O)(=O)CC1CCCO1. The van der Waals surface area contributed by atoms with E-state index in [-0.39, 0.29) is 5.75 Å². The minimum Gasteiger partial charge on any atom is -0.468 e. The summed E-state index contributed by atoms with van der Waals surface area (Å²) in [7, 11) is -1.52. The van der Waals surface area contributed by atoms with Gasteiger partial charge < -0.3 is 14.2 Å². The number of ether oxygens (including phenoxy) is 3. The van der Waals surface area contributed by atoms with Crippen LogP contribution in [0.15, 0.2) is 0 Å². The first-order chi connectivity index (χ1) is 9.39. The molecule has 0 saturated carbocycles. The van der Waals surface area contributed by atoms with Crippen LogP contribution in [0.4, 0.5) is 0 Å². The highest BCUT2D eigenvalue weighted by Crippen LogP contribution is 2.16. The first kappa shape index (κ1) is 16.9. The highest BCUT2D eigenvalue weighted by atomic mass is 32.2. The maximum Gasteiger partial charge on any atom is 0.321 e. The average molecular weight is 309 g/mol. The van der Waals surface area contributed by atoms with Crippen molar-refractivity contribution in [3.05, 3.63) is 0 Å². The lowest BCUT2D eigenvalue weighted by molar-refractivity contribution is -0.143. The molecule has 9 heteroatoms. The van der Waals surface area contributed by atoms with Crippen LogP contribution in [0.25, 0.3) is 0 Å². The van der Waals surface area contributed by atoms with Crippen LogP contribution in [-0.2, 0) is 33.8 Å². The minimum atomic E-state index is -3.81. The van der Waals surface area contributed by atoms with Gasteiger partial charge in [0.2, 0.25) is 10.0 Å². The van der Waals surface area contributed by atoms with Gasteiger partial charge in [-0.15, -0.1) is 0 Å². The molecule has 1 rings (SSSR count). The third-order valence-electron chi connectivity index (χ3n) is 2.88. The van der Waals surface area contributed by atoms with Crippen LogP contribution in [0.1, 0.15) is 12.8 Å². The van der Waals surface area contributed by atoms with Crippen molar-refractivity contribution in [1.82, 2.24) is 4.31 Å². The molecule has 8 nitrogen and oxygen atoms in total. The fraction of sp³-hybridized carbons (Fsp3) is 0.818. The molecule has 0 radical (unpaired) electrons. The van der Waals surface area contributed by atoms with Crippen LogP contribution >= 0.6 is 0 Å². The van der Waals surface area contributed by atoms with E-state index >= 15 is 0 Å². The largest absolute Gasteiger partial charge is 0.468 e. The van der Waals surface area contributed by atoms with Gasteiger partial charge in [-0.1, -0.05) is 0 Å². The normalized spacial score (nSPS) is 19.1. The van der Waals surface area contributed by atoms with Gasteiger partial charge in [-0.3, -0.25) is 9.59 Å². The fourth-order valence-electron chi connectivity index (χ4n) is 1.79. The van der Waals surface area contributed by atoms with Gasteiger partial charge in [0.25, 0.3) is 0 Å². The van der Waals surface area contributed by atoms with Gasteiger partial charge in [0.1, 0.15) is 13.1 Å². The molecule has 0 aromatic carbocycles. The zero-order chi connectivity index (χ0) is 15.2. The number of hydrogen-bond donors (Lipinski definition) is 0.